The fourth-order valence-electron chi connectivity index (χ4n) is 2.21. The minimum atomic E-state index is 0.162. The lowest BCUT2D eigenvalue weighted by Crippen LogP contribution is -2.01. The molecule has 0 amide bonds. The van der Waals surface area contributed by atoms with Gasteiger partial charge >= 0.3 is 0 Å². The molecule has 0 unspecified atom stereocenters. The van der Waals surface area contributed by atoms with Crippen molar-refractivity contribution in [1.29, 1.82) is 0 Å². The third-order valence-electron chi connectivity index (χ3n) is 3.09. The van der Waals surface area contributed by atoms with E-state index in [1.165, 1.54) is 0 Å². The maximum atomic E-state index is 5.68. The van der Waals surface area contributed by atoms with E-state index in [1.54, 1.807) is 6.20 Å². The molecule has 0 aliphatic rings. The number of nitrogens with zero attached hydrogens (tertiary/aromatic N) is 2. The molecule has 110 valence electrons. The van der Waals surface area contributed by atoms with E-state index in [-0.39, 0.29) is 6.61 Å². The van der Waals surface area contributed by atoms with Crippen molar-refractivity contribution in [2.75, 3.05) is 13.2 Å². The molecule has 0 aliphatic heterocycles. The Hall–Kier alpha value is -3.00. The first-order valence-electron chi connectivity index (χ1n) is 6.96. The average Bonchev–Trinajstić information content (AvgIpc) is 2.97. The number of hydrogen-bond acceptors (Lipinski definition) is 4. The standard InChI is InChI=1S/C17H15N3O2/c1-3-11-22-15-12(7-5-9-14(15)21-4-2)16-19-13-8-6-10-18-17(13)20-16/h1,5-10H,4,11H2,2H3,(H,18,19,20). The van der Waals surface area contributed by atoms with Gasteiger partial charge in [0.25, 0.3) is 0 Å². The Balaban J connectivity index is 2.12. The first kappa shape index (κ1) is 14.0. The Labute approximate surface area is 128 Å². The summed E-state index contributed by atoms with van der Waals surface area (Å²) in [4.78, 5) is 12.0. The number of benzene rings is 1. The third kappa shape index (κ3) is 2.59. The predicted octanol–water partition coefficient (Wildman–Crippen LogP) is 3.04. The van der Waals surface area contributed by atoms with E-state index in [4.69, 9.17) is 15.9 Å². The lowest BCUT2D eigenvalue weighted by Gasteiger charge is -2.13. The molecule has 0 fully saturated rings. The van der Waals surface area contributed by atoms with Crippen molar-refractivity contribution in [2.24, 2.45) is 0 Å². The molecule has 0 saturated carbocycles. The van der Waals surface area contributed by atoms with Crippen LogP contribution in [0.15, 0.2) is 36.5 Å². The van der Waals surface area contributed by atoms with Crippen molar-refractivity contribution in [2.45, 2.75) is 6.92 Å². The number of para-hydroxylation sites is 1. The van der Waals surface area contributed by atoms with Crippen molar-refractivity contribution in [3.8, 4) is 35.2 Å². The van der Waals surface area contributed by atoms with Gasteiger partial charge in [-0.1, -0.05) is 12.0 Å². The van der Waals surface area contributed by atoms with Crippen LogP contribution in [0.4, 0.5) is 0 Å². The lowest BCUT2D eigenvalue weighted by atomic mass is 10.1. The molecular weight excluding hydrogens is 278 g/mol. The second-order valence-corrected chi connectivity index (χ2v) is 4.52. The van der Waals surface area contributed by atoms with Crippen LogP contribution in [-0.4, -0.2) is 28.2 Å². The summed E-state index contributed by atoms with van der Waals surface area (Å²) in [6, 6.07) is 9.43. The monoisotopic (exact) mass is 293 g/mol. The average molecular weight is 293 g/mol. The van der Waals surface area contributed by atoms with Crippen molar-refractivity contribution in [3.05, 3.63) is 36.5 Å². The Morgan fingerprint density at radius 3 is 2.91 bits per heavy atom. The number of ether oxygens (including phenoxy) is 2. The van der Waals surface area contributed by atoms with Crippen LogP contribution in [0.5, 0.6) is 11.5 Å². The predicted molar refractivity (Wildman–Crippen MR) is 84.8 cm³/mol. The van der Waals surface area contributed by atoms with Gasteiger partial charge in [-0.2, -0.15) is 0 Å². The summed E-state index contributed by atoms with van der Waals surface area (Å²) in [5.74, 6) is 4.37. The van der Waals surface area contributed by atoms with Crippen LogP contribution in [0.1, 0.15) is 6.92 Å². The molecule has 0 atom stereocenters. The number of pyridine rings is 1. The topological polar surface area (TPSA) is 60.0 Å². The molecule has 2 heterocycles. The molecule has 5 heteroatoms. The summed E-state index contributed by atoms with van der Waals surface area (Å²) >= 11 is 0. The second-order valence-electron chi connectivity index (χ2n) is 4.52. The highest BCUT2D eigenvalue weighted by Crippen LogP contribution is 2.37. The van der Waals surface area contributed by atoms with Gasteiger partial charge in [0.05, 0.1) is 17.7 Å². The molecule has 0 radical (unpaired) electrons. The first-order valence-corrected chi connectivity index (χ1v) is 6.96. The molecule has 2 aromatic heterocycles. The van der Waals surface area contributed by atoms with Crippen LogP contribution >= 0.6 is 0 Å². The van der Waals surface area contributed by atoms with E-state index in [9.17, 15) is 0 Å². The van der Waals surface area contributed by atoms with E-state index in [0.717, 1.165) is 11.1 Å². The number of nitrogens with one attached hydrogen (secondary N) is 1. The maximum Gasteiger partial charge on any atom is 0.178 e. The number of fused-ring (bicyclic) bond motifs is 1. The van der Waals surface area contributed by atoms with E-state index >= 15 is 0 Å². The molecule has 5 nitrogen and oxygen atoms in total. The molecular formula is C17H15N3O2. The number of H-pyrrole nitrogens is 1. The molecule has 0 aliphatic carbocycles. The van der Waals surface area contributed by atoms with Crippen LogP contribution in [0.3, 0.4) is 0 Å². The zero-order valence-corrected chi connectivity index (χ0v) is 12.2. The minimum Gasteiger partial charge on any atom is -0.490 e. The third-order valence-corrected chi connectivity index (χ3v) is 3.09. The summed E-state index contributed by atoms with van der Waals surface area (Å²) < 4.78 is 11.3. The van der Waals surface area contributed by atoms with Gasteiger partial charge in [0, 0.05) is 6.20 Å². The minimum absolute atomic E-state index is 0.162. The Kier molecular flexibility index (Phi) is 3.92. The molecule has 0 bridgehead atoms. The molecule has 3 rings (SSSR count). The summed E-state index contributed by atoms with van der Waals surface area (Å²) in [5, 5.41) is 0. The van der Waals surface area contributed by atoms with Gasteiger partial charge in [0.15, 0.2) is 17.1 Å². The fraction of sp³-hybridized carbons (Fsp3) is 0.176. The number of terminal acetylenes is 1. The van der Waals surface area contributed by atoms with Gasteiger partial charge < -0.3 is 14.5 Å². The van der Waals surface area contributed by atoms with E-state index < -0.39 is 0 Å². The number of rotatable bonds is 5. The highest BCUT2D eigenvalue weighted by atomic mass is 16.5. The summed E-state index contributed by atoms with van der Waals surface area (Å²) in [6.45, 7) is 2.62. The lowest BCUT2D eigenvalue weighted by molar-refractivity contribution is 0.300. The molecule has 0 saturated heterocycles. The zero-order chi connectivity index (χ0) is 15.4. The van der Waals surface area contributed by atoms with Crippen molar-refractivity contribution in [1.82, 2.24) is 15.0 Å². The summed E-state index contributed by atoms with van der Waals surface area (Å²) in [6.07, 6.45) is 7.01. The summed E-state index contributed by atoms with van der Waals surface area (Å²) in [5.41, 5.74) is 2.31. The summed E-state index contributed by atoms with van der Waals surface area (Å²) in [7, 11) is 0. The highest BCUT2D eigenvalue weighted by molar-refractivity contribution is 5.78. The molecule has 3 aromatic rings. The Morgan fingerprint density at radius 1 is 1.23 bits per heavy atom. The van der Waals surface area contributed by atoms with Crippen LogP contribution in [-0.2, 0) is 0 Å². The van der Waals surface area contributed by atoms with Gasteiger partial charge in [-0.25, -0.2) is 9.97 Å². The molecule has 0 spiro atoms. The number of aromatic amines is 1. The Bertz CT molecular complexity index is 800. The van der Waals surface area contributed by atoms with Crippen LogP contribution in [0.2, 0.25) is 0 Å². The Morgan fingerprint density at radius 2 is 2.14 bits per heavy atom. The molecule has 1 N–H and O–H groups in total. The largest absolute Gasteiger partial charge is 0.490 e. The number of hydrogen-bond donors (Lipinski definition) is 1. The quantitative estimate of drug-likeness (QED) is 0.735. The van der Waals surface area contributed by atoms with Crippen LogP contribution in [0.25, 0.3) is 22.6 Å². The molecule has 22 heavy (non-hydrogen) atoms. The van der Waals surface area contributed by atoms with E-state index in [2.05, 4.69) is 20.9 Å². The van der Waals surface area contributed by atoms with Gasteiger partial charge in [0.2, 0.25) is 0 Å². The van der Waals surface area contributed by atoms with Crippen molar-refractivity contribution in [3.63, 3.8) is 0 Å². The number of imidazole rings is 1. The smallest absolute Gasteiger partial charge is 0.178 e. The highest BCUT2D eigenvalue weighted by Gasteiger charge is 2.16. The van der Waals surface area contributed by atoms with Gasteiger partial charge in [-0.3, -0.25) is 0 Å². The zero-order valence-electron chi connectivity index (χ0n) is 12.2. The number of aromatic nitrogens is 3. The van der Waals surface area contributed by atoms with Gasteiger partial charge in [-0.05, 0) is 31.2 Å². The van der Waals surface area contributed by atoms with E-state index in [1.807, 2.05) is 37.3 Å². The fourth-order valence-corrected chi connectivity index (χ4v) is 2.21. The SMILES string of the molecule is C#CCOc1c(OCC)cccc1-c1nc2ncccc2[nH]1. The van der Waals surface area contributed by atoms with Gasteiger partial charge in [-0.15, -0.1) is 6.42 Å². The van der Waals surface area contributed by atoms with Gasteiger partial charge in [0.1, 0.15) is 12.4 Å². The van der Waals surface area contributed by atoms with Crippen molar-refractivity contribution < 1.29 is 9.47 Å². The maximum absolute atomic E-state index is 5.68. The second kappa shape index (κ2) is 6.19. The first-order chi connectivity index (χ1) is 10.8. The van der Waals surface area contributed by atoms with E-state index in [0.29, 0.717) is 29.6 Å². The van der Waals surface area contributed by atoms with Crippen LogP contribution < -0.4 is 9.47 Å². The normalized spacial score (nSPS) is 10.4. The molecule has 1 aromatic carbocycles. The van der Waals surface area contributed by atoms with Crippen molar-refractivity contribution >= 4 is 11.2 Å². The van der Waals surface area contributed by atoms with Crippen LogP contribution in [0, 0.1) is 12.3 Å².